The topological polar surface area (TPSA) is 105 Å². The number of carbonyl (C=O) groups is 2. The van der Waals surface area contributed by atoms with Crippen LogP contribution in [0.2, 0.25) is 0 Å². The molecule has 6 nitrogen and oxygen atoms in total. The fraction of sp³-hybridized carbons (Fsp3) is 0.533. The van der Waals surface area contributed by atoms with Gasteiger partial charge in [-0.2, -0.15) is 0 Å². The minimum absolute atomic E-state index is 0.0597. The second kappa shape index (κ2) is 7.17. The lowest BCUT2D eigenvalue weighted by atomic mass is 9.95. The molecular weight excluding hydrogens is 270 g/mol. The molecule has 1 aliphatic carbocycles. The summed E-state index contributed by atoms with van der Waals surface area (Å²) in [6.07, 6.45) is 3.13. The molecule has 1 amide bonds. The van der Waals surface area contributed by atoms with Crippen molar-refractivity contribution in [2.75, 3.05) is 19.6 Å². The standard InChI is InChI=1S/C15H23N3O3/c1-15(2,3)14(21)18-6-4-10-8-11(17-7-5-16)13(20)9-12(10)19/h8-9,19H,4-7,16H2,1-3H3,(H,18,21). The summed E-state index contributed by atoms with van der Waals surface area (Å²) in [5.41, 5.74) is 5.77. The predicted molar refractivity (Wildman–Crippen MR) is 82.2 cm³/mol. The highest BCUT2D eigenvalue weighted by atomic mass is 16.3. The van der Waals surface area contributed by atoms with Crippen molar-refractivity contribution in [3.63, 3.8) is 0 Å². The second-order valence-corrected chi connectivity index (χ2v) is 5.87. The van der Waals surface area contributed by atoms with Crippen molar-refractivity contribution in [2.45, 2.75) is 27.2 Å². The molecule has 0 unspecified atom stereocenters. The fourth-order valence-corrected chi connectivity index (χ4v) is 1.69. The number of nitrogens with zero attached hydrogens (tertiary/aromatic N) is 1. The monoisotopic (exact) mass is 293 g/mol. The Morgan fingerprint density at radius 2 is 2.05 bits per heavy atom. The summed E-state index contributed by atoms with van der Waals surface area (Å²) in [6.45, 7) is 6.59. The Morgan fingerprint density at radius 3 is 2.62 bits per heavy atom. The Bertz CT molecular complexity index is 511. The maximum atomic E-state index is 11.7. The number of aliphatic imine (C=N–C) groups is 1. The van der Waals surface area contributed by atoms with Gasteiger partial charge in [0.25, 0.3) is 0 Å². The van der Waals surface area contributed by atoms with E-state index in [0.717, 1.165) is 6.08 Å². The van der Waals surface area contributed by atoms with Gasteiger partial charge in [0.2, 0.25) is 11.7 Å². The maximum Gasteiger partial charge on any atom is 0.225 e. The SMILES string of the molecule is CC(C)(C)C(=O)NCCC1=CC(=NCCN)C(=O)C=C1O. The number of nitrogens with two attached hydrogens (primary N) is 1. The van der Waals surface area contributed by atoms with Crippen molar-refractivity contribution in [2.24, 2.45) is 16.1 Å². The van der Waals surface area contributed by atoms with Crippen LogP contribution in [0.1, 0.15) is 27.2 Å². The highest BCUT2D eigenvalue weighted by Crippen LogP contribution is 2.17. The zero-order valence-corrected chi connectivity index (χ0v) is 12.8. The quantitative estimate of drug-likeness (QED) is 0.655. The number of amides is 1. The normalized spacial score (nSPS) is 17.5. The van der Waals surface area contributed by atoms with E-state index in [4.69, 9.17) is 5.73 Å². The van der Waals surface area contributed by atoms with E-state index in [-0.39, 0.29) is 23.2 Å². The van der Waals surface area contributed by atoms with Crippen molar-refractivity contribution < 1.29 is 14.7 Å². The molecular formula is C15H23N3O3. The number of rotatable bonds is 5. The number of allylic oxidation sites excluding steroid dienone is 3. The third-order valence-electron chi connectivity index (χ3n) is 2.93. The molecule has 0 aromatic heterocycles. The number of ketones is 1. The van der Waals surface area contributed by atoms with E-state index in [9.17, 15) is 14.7 Å². The zero-order valence-electron chi connectivity index (χ0n) is 12.8. The Kier molecular flexibility index (Phi) is 5.84. The van der Waals surface area contributed by atoms with Crippen molar-refractivity contribution in [1.82, 2.24) is 5.32 Å². The highest BCUT2D eigenvalue weighted by Gasteiger charge is 2.21. The molecule has 0 saturated carbocycles. The van der Waals surface area contributed by atoms with Gasteiger partial charge in [-0.15, -0.1) is 0 Å². The molecule has 0 radical (unpaired) electrons. The largest absolute Gasteiger partial charge is 0.508 e. The van der Waals surface area contributed by atoms with Gasteiger partial charge in [-0.05, 0) is 18.1 Å². The molecule has 0 atom stereocenters. The molecule has 1 aliphatic rings. The van der Waals surface area contributed by atoms with E-state index < -0.39 is 5.41 Å². The third-order valence-corrected chi connectivity index (χ3v) is 2.93. The molecule has 0 fully saturated rings. The minimum atomic E-state index is -0.456. The lowest BCUT2D eigenvalue weighted by molar-refractivity contribution is -0.128. The van der Waals surface area contributed by atoms with Crippen LogP contribution in [-0.4, -0.2) is 42.1 Å². The van der Waals surface area contributed by atoms with Gasteiger partial charge in [-0.25, -0.2) is 0 Å². The lowest BCUT2D eigenvalue weighted by Crippen LogP contribution is -2.35. The van der Waals surface area contributed by atoms with Gasteiger partial charge in [-0.3, -0.25) is 14.6 Å². The number of hydrogen-bond donors (Lipinski definition) is 3. The second-order valence-electron chi connectivity index (χ2n) is 5.87. The summed E-state index contributed by atoms with van der Waals surface area (Å²) >= 11 is 0. The van der Waals surface area contributed by atoms with Gasteiger partial charge in [0, 0.05) is 24.6 Å². The van der Waals surface area contributed by atoms with E-state index in [1.54, 1.807) is 6.08 Å². The first-order valence-corrected chi connectivity index (χ1v) is 6.94. The number of aliphatic hydroxyl groups is 1. The number of hydrogen-bond acceptors (Lipinski definition) is 5. The molecule has 1 rings (SSSR count). The van der Waals surface area contributed by atoms with Crippen LogP contribution in [0, 0.1) is 5.41 Å². The minimum Gasteiger partial charge on any atom is -0.508 e. The highest BCUT2D eigenvalue weighted by molar-refractivity contribution is 6.49. The zero-order chi connectivity index (χ0) is 16.0. The van der Waals surface area contributed by atoms with Gasteiger partial charge >= 0.3 is 0 Å². The molecule has 21 heavy (non-hydrogen) atoms. The van der Waals surface area contributed by atoms with E-state index in [1.165, 1.54) is 0 Å². The summed E-state index contributed by atoms with van der Waals surface area (Å²) in [5.74, 6) is -0.462. The molecule has 116 valence electrons. The van der Waals surface area contributed by atoms with Crippen molar-refractivity contribution in [1.29, 1.82) is 0 Å². The first kappa shape index (κ1) is 17.1. The molecule has 0 heterocycles. The van der Waals surface area contributed by atoms with Crippen LogP contribution in [0.3, 0.4) is 0 Å². The fourth-order valence-electron chi connectivity index (χ4n) is 1.69. The van der Waals surface area contributed by atoms with Gasteiger partial charge in [0.05, 0.1) is 6.54 Å². The Morgan fingerprint density at radius 1 is 1.38 bits per heavy atom. The lowest BCUT2D eigenvalue weighted by Gasteiger charge is -2.18. The van der Waals surface area contributed by atoms with Crippen LogP contribution < -0.4 is 11.1 Å². The van der Waals surface area contributed by atoms with Gasteiger partial charge < -0.3 is 16.2 Å². The average Bonchev–Trinajstić information content (AvgIpc) is 2.38. The molecule has 4 N–H and O–H groups in total. The summed E-state index contributed by atoms with van der Waals surface area (Å²) in [4.78, 5) is 27.5. The predicted octanol–water partition coefficient (Wildman–Crippen LogP) is 0.889. The van der Waals surface area contributed by atoms with Crippen LogP contribution in [0.25, 0.3) is 0 Å². The molecule has 0 aromatic carbocycles. The van der Waals surface area contributed by atoms with Crippen LogP contribution >= 0.6 is 0 Å². The number of carbonyl (C=O) groups excluding carboxylic acids is 2. The summed E-state index contributed by atoms with van der Waals surface area (Å²) in [6, 6.07) is 0. The smallest absolute Gasteiger partial charge is 0.225 e. The van der Waals surface area contributed by atoms with E-state index >= 15 is 0 Å². The molecule has 0 aliphatic heterocycles. The molecule has 6 heteroatoms. The maximum absolute atomic E-state index is 11.7. The van der Waals surface area contributed by atoms with Gasteiger partial charge in [0.15, 0.2) is 0 Å². The van der Waals surface area contributed by atoms with Crippen LogP contribution in [0.15, 0.2) is 28.5 Å². The molecule has 0 spiro atoms. The van der Waals surface area contributed by atoms with E-state index in [1.807, 2.05) is 20.8 Å². The Balaban J connectivity index is 2.67. The van der Waals surface area contributed by atoms with E-state index in [2.05, 4.69) is 10.3 Å². The Labute approximate surface area is 124 Å². The number of nitrogens with one attached hydrogen (secondary N) is 1. The molecule has 0 saturated heterocycles. The van der Waals surface area contributed by atoms with Gasteiger partial charge in [-0.1, -0.05) is 20.8 Å². The van der Waals surface area contributed by atoms with Crippen molar-refractivity contribution >= 4 is 17.4 Å². The number of aliphatic hydroxyl groups excluding tert-OH is 1. The first-order chi connectivity index (χ1) is 9.75. The van der Waals surface area contributed by atoms with Crippen molar-refractivity contribution in [3.05, 3.63) is 23.5 Å². The summed E-state index contributed by atoms with van der Waals surface area (Å²) in [7, 11) is 0. The average molecular weight is 293 g/mol. The van der Waals surface area contributed by atoms with Crippen molar-refractivity contribution in [3.8, 4) is 0 Å². The van der Waals surface area contributed by atoms with Crippen LogP contribution in [-0.2, 0) is 9.59 Å². The third kappa shape index (κ3) is 5.15. The Hall–Kier alpha value is -1.95. The van der Waals surface area contributed by atoms with Crippen LogP contribution in [0.5, 0.6) is 0 Å². The van der Waals surface area contributed by atoms with E-state index in [0.29, 0.717) is 31.6 Å². The molecule has 0 aromatic rings. The summed E-state index contributed by atoms with van der Waals surface area (Å²) in [5, 5.41) is 12.6. The summed E-state index contributed by atoms with van der Waals surface area (Å²) < 4.78 is 0. The molecule has 0 bridgehead atoms. The first-order valence-electron chi connectivity index (χ1n) is 6.94. The van der Waals surface area contributed by atoms with Gasteiger partial charge in [0.1, 0.15) is 11.5 Å². The van der Waals surface area contributed by atoms with Crippen LogP contribution in [0.4, 0.5) is 0 Å².